The van der Waals surface area contributed by atoms with E-state index in [0.717, 1.165) is 16.4 Å². The van der Waals surface area contributed by atoms with E-state index >= 15 is 0 Å². The second-order valence-electron chi connectivity index (χ2n) is 5.33. The number of halogens is 2. The van der Waals surface area contributed by atoms with Gasteiger partial charge in [-0.25, -0.2) is 17.2 Å². The lowest BCUT2D eigenvalue weighted by Gasteiger charge is -2.34. The fourth-order valence-corrected chi connectivity index (χ4v) is 4.29. The molecule has 1 aliphatic rings. The van der Waals surface area contributed by atoms with Gasteiger partial charge in [-0.05, 0) is 17.7 Å². The smallest absolute Gasteiger partial charge is 0.244 e. The first-order valence-electron chi connectivity index (χ1n) is 7.20. The zero-order chi connectivity index (χ0) is 17.3. The molecule has 1 aliphatic heterocycles. The van der Waals surface area contributed by atoms with Gasteiger partial charge in [-0.1, -0.05) is 30.3 Å². The highest BCUT2D eigenvalue weighted by Crippen LogP contribution is 2.30. The van der Waals surface area contributed by atoms with Crippen LogP contribution in [-0.2, 0) is 14.8 Å². The molecule has 1 heterocycles. The van der Waals surface area contributed by atoms with Gasteiger partial charge in [0.1, 0.15) is 17.7 Å². The Morgan fingerprint density at radius 2 is 1.67 bits per heavy atom. The molecule has 1 fully saturated rings. The Hall–Kier alpha value is -2.32. The topological polar surface area (TPSA) is 66.5 Å². The first kappa shape index (κ1) is 16.5. The Kier molecular flexibility index (Phi) is 4.33. The summed E-state index contributed by atoms with van der Waals surface area (Å²) >= 11 is 0. The quantitative estimate of drug-likeness (QED) is 0.916. The first-order chi connectivity index (χ1) is 11.4. The minimum Gasteiger partial charge on any atom is -0.353 e. The normalized spacial score (nSPS) is 19.1. The van der Waals surface area contributed by atoms with Crippen LogP contribution >= 0.6 is 0 Å². The van der Waals surface area contributed by atoms with Gasteiger partial charge in [0, 0.05) is 19.2 Å². The molecule has 1 atom stereocenters. The van der Waals surface area contributed by atoms with E-state index < -0.39 is 38.5 Å². The summed E-state index contributed by atoms with van der Waals surface area (Å²) in [4.78, 5) is 11.7. The molecule has 2 aromatic rings. The molecule has 5 nitrogen and oxygen atoms in total. The van der Waals surface area contributed by atoms with Crippen LogP contribution in [-0.4, -0.2) is 31.7 Å². The number of rotatable bonds is 3. The molecule has 1 saturated heterocycles. The van der Waals surface area contributed by atoms with Crippen molar-refractivity contribution in [2.24, 2.45) is 0 Å². The van der Waals surface area contributed by atoms with Gasteiger partial charge < -0.3 is 5.32 Å². The number of hydrogen-bond donors (Lipinski definition) is 1. The average Bonchev–Trinajstić information content (AvgIpc) is 2.54. The van der Waals surface area contributed by atoms with E-state index in [4.69, 9.17) is 0 Å². The SMILES string of the molecule is O=C1NCCN(S(=O)(=O)c2cc(F)cc(F)c2)C1c1ccccc1. The maximum Gasteiger partial charge on any atom is 0.244 e. The minimum absolute atomic E-state index is 0.00572. The van der Waals surface area contributed by atoms with Gasteiger partial charge in [-0.3, -0.25) is 4.79 Å². The van der Waals surface area contributed by atoms with Gasteiger partial charge in [0.15, 0.2) is 0 Å². The van der Waals surface area contributed by atoms with Crippen LogP contribution in [0.15, 0.2) is 53.4 Å². The molecule has 0 bridgehead atoms. The summed E-state index contributed by atoms with van der Waals surface area (Å²) in [5.41, 5.74) is 0.482. The monoisotopic (exact) mass is 352 g/mol. The number of carbonyl (C=O) groups is 1. The van der Waals surface area contributed by atoms with Crippen molar-refractivity contribution in [2.45, 2.75) is 10.9 Å². The van der Waals surface area contributed by atoms with E-state index in [2.05, 4.69) is 5.32 Å². The van der Waals surface area contributed by atoms with E-state index in [-0.39, 0.29) is 13.1 Å². The number of hydrogen-bond acceptors (Lipinski definition) is 3. The van der Waals surface area contributed by atoms with Gasteiger partial charge in [-0.15, -0.1) is 0 Å². The third kappa shape index (κ3) is 3.02. The highest BCUT2D eigenvalue weighted by atomic mass is 32.2. The highest BCUT2D eigenvalue weighted by Gasteiger charge is 2.39. The van der Waals surface area contributed by atoms with Crippen molar-refractivity contribution in [3.05, 3.63) is 65.7 Å². The van der Waals surface area contributed by atoms with E-state index in [0.29, 0.717) is 11.6 Å². The fraction of sp³-hybridized carbons (Fsp3) is 0.188. The van der Waals surface area contributed by atoms with Gasteiger partial charge in [0.2, 0.25) is 15.9 Å². The van der Waals surface area contributed by atoms with E-state index in [1.165, 1.54) is 0 Å². The Balaban J connectivity index is 2.08. The number of benzene rings is 2. The molecule has 0 radical (unpaired) electrons. The molecule has 3 rings (SSSR count). The van der Waals surface area contributed by atoms with Crippen molar-refractivity contribution < 1.29 is 22.0 Å². The maximum absolute atomic E-state index is 13.4. The second-order valence-corrected chi connectivity index (χ2v) is 7.22. The largest absolute Gasteiger partial charge is 0.353 e. The molecule has 1 N–H and O–H groups in total. The van der Waals surface area contributed by atoms with Crippen molar-refractivity contribution in [1.29, 1.82) is 0 Å². The summed E-state index contributed by atoms with van der Waals surface area (Å²) in [5.74, 6) is -2.47. The summed E-state index contributed by atoms with van der Waals surface area (Å²) in [6, 6.07) is 9.36. The fourth-order valence-electron chi connectivity index (χ4n) is 2.67. The number of nitrogens with one attached hydrogen (secondary N) is 1. The Labute approximate surface area is 138 Å². The van der Waals surface area contributed by atoms with Gasteiger partial charge in [0.25, 0.3) is 0 Å². The molecule has 0 spiro atoms. The molecule has 0 aromatic heterocycles. The summed E-state index contributed by atoms with van der Waals surface area (Å²) < 4.78 is 53.5. The molecule has 8 heteroatoms. The predicted molar refractivity (Wildman–Crippen MR) is 82.4 cm³/mol. The van der Waals surface area contributed by atoms with E-state index in [9.17, 15) is 22.0 Å². The predicted octanol–water partition coefficient (Wildman–Crippen LogP) is 1.83. The standard InChI is InChI=1S/C16H14F2N2O3S/c17-12-8-13(18)10-14(9-12)24(22,23)20-7-6-19-16(21)15(20)11-4-2-1-3-5-11/h1-5,8-10,15H,6-7H2,(H,19,21). The van der Waals surface area contributed by atoms with E-state index in [1.54, 1.807) is 30.3 Å². The molecular formula is C16H14F2N2O3S. The average molecular weight is 352 g/mol. The third-order valence-electron chi connectivity index (χ3n) is 3.73. The first-order valence-corrected chi connectivity index (χ1v) is 8.64. The van der Waals surface area contributed by atoms with Crippen LogP contribution in [0.1, 0.15) is 11.6 Å². The van der Waals surface area contributed by atoms with Crippen LogP contribution in [0.3, 0.4) is 0 Å². The molecule has 0 saturated carbocycles. The summed E-state index contributed by atoms with van der Waals surface area (Å²) in [7, 11) is -4.24. The molecule has 0 aliphatic carbocycles. The zero-order valence-corrected chi connectivity index (χ0v) is 13.3. The van der Waals surface area contributed by atoms with Gasteiger partial charge in [0.05, 0.1) is 4.90 Å². The number of sulfonamides is 1. The van der Waals surface area contributed by atoms with Crippen molar-refractivity contribution in [3.8, 4) is 0 Å². The van der Waals surface area contributed by atoms with Crippen LogP contribution in [0, 0.1) is 11.6 Å². The molecular weight excluding hydrogens is 338 g/mol. The maximum atomic E-state index is 13.4. The lowest BCUT2D eigenvalue weighted by Crippen LogP contribution is -2.52. The number of amides is 1. The molecule has 24 heavy (non-hydrogen) atoms. The van der Waals surface area contributed by atoms with Crippen molar-refractivity contribution in [3.63, 3.8) is 0 Å². The van der Waals surface area contributed by atoms with Crippen molar-refractivity contribution in [2.75, 3.05) is 13.1 Å². The lowest BCUT2D eigenvalue weighted by molar-refractivity contribution is -0.126. The third-order valence-corrected chi connectivity index (χ3v) is 5.57. The number of piperazine rings is 1. The van der Waals surface area contributed by atoms with Crippen LogP contribution in [0.4, 0.5) is 8.78 Å². The summed E-state index contributed by atoms with van der Waals surface area (Å²) in [6.07, 6.45) is 0. The van der Waals surface area contributed by atoms with Crippen LogP contribution in [0.25, 0.3) is 0 Å². The molecule has 126 valence electrons. The highest BCUT2D eigenvalue weighted by molar-refractivity contribution is 7.89. The van der Waals surface area contributed by atoms with Crippen molar-refractivity contribution >= 4 is 15.9 Å². The summed E-state index contributed by atoms with van der Waals surface area (Å²) in [6.45, 7) is 0.130. The van der Waals surface area contributed by atoms with Crippen LogP contribution in [0.5, 0.6) is 0 Å². The molecule has 2 aromatic carbocycles. The minimum atomic E-state index is -4.24. The van der Waals surface area contributed by atoms with Gasteiger partial charge >= 0.3 is 0 Å². The Morgan fingerprint density at radius 1 is 1.04 bits per heavy atom. The molecule has 1 amide bonds. The number of nitrogens with zero attached hydrogens (tertiary/aromatic N) is 1. The Bertz CT molecular complexity index is 852. The number of carbonyl (C=O) groups excluding carboxylic acids is 1. The van der Waals surface area contributed by atoms with Gasteiger partial charge in [-0.2, -0.15) is 4.31 Å². The van der Waals surface area contributed by atoms with Crippen LogP contribution in [0.2, 0.25) is 0 Å². The van der Waals surface area contributed by atoms with Crippen molar-refractivity contribution in [1.82, 2.24) is 9.62 Å². The molecule has 1 unspecified atom stereocenters. The van der Waals surface area contributed by atoms with Crippen LogP contribution < -0.4 is 5.32 Å². The zero-order valence-electron chi connectivity index (χ0n) is 12.4. The lowest BCUT2D eigenvalue weighted by atomic mass is 10.1. The Morgan fingerprint density at radius 3 is 2.29 bits per heavy atom. The summed E-state index contributed by atoms with van der Waals surface area (Å²) in [5, 5.41) is 2.61. The van der Waals surface area contributed by atoms with E-state index in [1.807, 2.05) is 0 Å². The second kappa shape index (κ2) is 6.29.